The molecule has 0 unspecified atom stereocenters. The standard InChI is InChI=1S/C16H16N6O3S/c1-3-4-9-7-10(18-17-9)15(24)25-8-12-19-20-16-21(2)14(23)13-11(22(12)16)5-6-26-13/h5-7H,3-4,8H2,1-2H3,(H,17,18). The van der Waals surface area contributed by atoms with Crippen LogP contribution in [0.5, 0.6) is 0 Å². The maximum atomic E-state index is 12.3. The molecule has 0 saturated heterocycles. The lowest BCUT2D eigenvalue weighted by molar-refractivity contribution is 0.0454. The molecule has 0 saturated carbocycles. The SMILES string of the molecule is CCCc1cc(C(=O)OCc2nnc3n(C)c(=O)c4sccc4n23)n[nH]1. The molecule has 10 heteroatoms. The summed E-state index contributed by atoms with van der Waals surface area (Å²) >= 11 is 1.35. The van der Waals surface area contributed by atoms with Crippen molar-refractivity contribution in [3.8, 4) is 0 Å². The number of aromatic amines is 1. The van der Waals surface area contributed by atoms with Crippen molar-refractivity contribution in [3.63, 3.8) is 0 Å². The molecule has 1 N–H and O–H groups in total. The molecule has 4 heterocycles. The van der Waals surface area contributed by atoms with E-state index in [1.54, 1.807) is 17.5 Å². The van der Waals surface area contributed by atoms with Crippen molar-refractivity contribution in [2.75, 3.05) is 0 Å². The monoisotopic (exact) mass is 372 g/mol. The van der Waals surface area contributed by atoms with Crippen molar-refractivity contribution >= 4 is 33.3 Å². The Kier molecular flexibility index (Phi) is 4.03. The van der Waals surface area contributed by atoms with E-state index < -0.39 is 5.97 Å². The molecule has 0 amide bonds. The van der Waals surface area contributed by atoms with Crippen LogP contribution in [-0.4, -0.2) is 35.3 Å². The molecule has 4 aromatic rings. The number of hydrogen-bond acceptors (Lipinski definition) is 7. The summed E-state index contributed by atoms with van der Waals surface area (Å²) < 4.78 is 9.10. The zero-order valence-electron chi connectivity index (χ0n) is 14.2. The number of carbonyl (C=O) groups excluding carboxylic acids is 1. The number of fused-ring (bicyclic) bond motifs is 3. The van der Waals surface area contributed by atoms with E-state index in [0.29, 0.717) is 21.8 Å². The van der Waals surface area contributed by atoms with Crippen LogP contribution in [0.4, 0.5) is 0 Å². The minimum absolute atomic E-state index is 0.0703. The number of aryl methyl sites for hydroxylation is 2. The Bertz CT molecular complexity index is 1170. The molecule has 9 nitrogen and oxygen atoms in total. The third kappa shape index (κ3) is 2.58. The van der Waals surface area contributed by atoms with Gasteiger partial charge in [0.2, 0.25) is 5.78 Å². The average Bonchev–Trinajstić information content (AvgIpc) is 3.36. The van der Waals surface area contributed by atoms with Gasteiger partial charge in [0.15, 0.2) is 18.1 Å². The summed E-state index contributed by atoms with van der Waals surface area (Å²) in [6.07, 6.45) is 1.77. The van der Waals surface area contributed by atoms with Gasteiger partial charge in [-0.2, -0.15) is 5.10 Å². The number of nitrogens with zero attached hydrogens (tertiary/aromatic N) is 5. The van der Waals surface area contributed by atoms with Gasteiger partial charge in [0, 0.05) is 12.7 Å². The van der Waals surface area contributed by atoms with Crippen molar-refractivity contribution in [2.45, 2.75) is 26.4 Å². The summed E-state index contributed by atoms with van der Waals surface area (Å²) in [4.78, 5) is 24.5. The third-order valence-corrected chi connectivity index (χ3v) is 4.98. The first-order chi connectivity index (χ1) is 12.6. The molecule has 0 fully saturated rings. The molecule has 0 bridgehead atoms. The molecule has 4 aromatic heterocycles. The molecular formula is C16H16N6O3S. The molecule has 0 aromatic carbocycles. The van der Waals surface area contributed by atoms with Crippen molar-refractivity contribution in [1.29, 1.82) is 0 Å². The summed E-state index contributed by atoms with van der Waals surface area (Å²) in [6, 6.07) is 3.52. The molecule has 0 aliphatic rings. The minimum Gasteiger partial charge on any atom is -0.453 e. The number of H-pyrrole nitrogens is 1. The van der Waals surface area contributed by atoms with Gasteiger partial charge in [-0.15, -0.1) is 21.5 Å². The first-order valence-electron chi connectivity index (χ1n) is 8.11. The summed E-state index contributed by atoms with van der Waals surface area (Å²) in [5.41, 5.74) is 1.70. The summed E-state index contributed by atoms with van der Waals surface area (Å²) in [6.45, 7) is 1.98. The minimum atomic E-state index is -0.535. The Hall–Kier alpha value is -3.01. The van der Waals surface area contributed by atoms with E-state index in [4.69, 9.17) is 4.74 Å². The summed E-state index contributed by atoms with van der Waals surface area (Å²) in [5.74, 6) is 0.306. The van der Waals surface area contributed by atoms with E-state index in [1.807, 2.05) is 18.4 Å². The van der Waals surface area contributed by atoms with Crippen LogP contribution in [0.2, 0.25) is 0 Å². The maximum Gasteiger partial charge on any atom is 0.359 e. The Labute approximate surface area is 151 Å². The maximum absolute atomic E-state index is 12.3. The number of thiophene rings is 1. The van der Waals surface area contributed by atoms with E-state index in [-0.39, 0.29) is 17.9 Å². The number of nitrogens with one attached hydrogen (secondary N) is 1. The second-order valence-electron chi connectivity index (χ2n) is 5.86. The number of hydrogen-bond donors (Lipinski definition) is 1. The van der Waals surface area contributed by atoms with Crippen LogP contribution in [0.15, 0.2) is 22.3 Å². The van der Waals surface area contributed by atoms with Gasteiger partial charge < -0.3 is 4.74 Å². The predicted octanol–water partition coefficient (Wildman–Crippen LogP) is 1.68. The highest BCUT2D eigenvalue weighted by Gasteiger charge is 2.18. The fourth-order valence-corrected chi connectivity index (χ4v) is 3.66. The highest BCUT2D eigenvalue weighted by Crippen LogP contribution is 2.19. The second kappa shape index (κ2) is 6.37. The van der Waals surface area contributed by atoms with Gasteiger partial charge in [-0.25, -0.2) is 4.79 Å². The smallest absolute Gasteiger partial charge is 0.359 e. The van der Waals surface area contributed by atoms with Gasteiger partial charge in [0.25, 0.3) is 5.56 Å². The van der Waals surface area contributed by atoms with Gasteiger partial charge in [-0.3, -0.25) is 18.9 Å². The summed E-state index contributed by atoms with van der Waals surface area (Å²) in [5, 5.41) is 16.8. The molecule has 4 rings (SSSR count). The molecule has 0 aliphatic carbocycles. The fraction of sp³-hybridized carbons (Fsp3) is 0.312. The number of aromatic nitrogens is 6. The molecule has 0 spiro atoms. The van der Waals surface area contributed by atoms with Crippen LogP contribution in [0, 0.1) is 0 Å². The summed E-state index contributed by atoms with van der Waals surface area (Å²) in [7, 11) is 1.64. The zero-order chi connectivity index (χ0) is 18.3. The van der Waals surface area contributed by atoms with Gasteiger partial charge in [0.05, 0.1) is 5.52 Å². The average molecular weight is 372 g/mol. The lowest BCUT2D eigenvalue weighted by Crippen LogP contribution is -2.19. The fourth-order valence-electron chi connectivity index (χ4n) is 2.81. The van der Waals surface area contributed by atoms with Crippen molar-refractivity contribution in [3.05, 3.63) is 45.1 Å². The van der Waals surface area contributed by atoms with E-state index in [2.05, 4.69) is 20.4 Å². The highest BCUT2D eigenvalue weighted by molar-refractivity contribution is 7.17. The molecule has 0 atom stereocenters. The largest absolute Gasteiger partial charge is 0.453 e. The molecule has 134 valence electrons. The van der Waals surface area contributed by atoms with Crippen LogP contribution in [0.25, 0.3) is 16.0 Å². The lowest BCUT2D eigenvalue weighted by Gasteiger charge is -2.05. The van der Waals surface area contributed by atoms with Gasteiger partial charge >= 0.3 is 5.97 Å². The Morgan fingerprint density at radius 1 is 1.38 bits per heavy atom. The Balaban J connectivity index is 1.63. The number of rotatable bonds is 5. The van der Waals surface area contributed by atoms with Crippen LogP contribution in [0.1, 0.15) is 35.4 Å². The van der Waals surface area contributed by atoms with Gasteiger partial charge in [-0.05, 0) is 23.9 Å². The van der Waals surface area contributed by atoms with Gasteiger partial charge in [-0.1, -0.05) is 13.3 Å². The van der Waals surface area contributed by atoms with E-state index in [1.165, 1.54) is 15.9 Å². The first-order valence-corrected chi connectivity index (χ1v) is 8.99. The molecular weight excluding hydrogens is 356 g/mol. The van der Waals surface area contributed by atoms with Crippen molar-refractivity contribution in [2.24, 2.45) is 7.05 Å². The van der Waals surface area contributed by atoms with Crippen LogP contribution >= 0.6 is 11.3 Å². The number of esters is 1. The van der Waals surface area contributed by atoms with Crippen molar-refractivity contribution < 1.29 is 9.53 Å². The second-order valence-corrected chi connectivity index (χ2v) is 6.77. The van der Waals surface area contributed by atoms with E-state index in [0.717, 1.165) is 18.5 Å². The Morgan fingerprint density at radius 3 is 3.04 bits per heavy atom. The molecule has 26 heavy (non-hydrogen) atoms. The zero-order valence-corrected chi connectivity index (χ0v) is 15.0. The number of carbonyl (C=O) groups is 1. The van der Waals surface area contributed by atoms with Gasteiger partial charge in [0.1, 0.15) is 4.70 Å². The van der Waals surface area contributed by atoms with Crippen LogP contribution in [0.3, 0.4) is 0 Å². The van der Waals surface area contributed by atoms with Crippen LogP contribution in [-0.2, 0) is 24.8 Å². The Morgan fingerprint density at radius 2 is 2.23 bits per heavy atom. The van der Waals surface area contributed by atoms with Crippen molar-refractivity contribution in [1.82, 2.24) is 29.4 Å². The quantitative estimate of drug-likeness (QED) is 0.534. The van der Waals surface area contributed by atoms with E-state index in [9.17, 15) is 9.59 Å². The van der Waals surface area contributed by atoms with Crippen LogP contribution < -0.4 is 5.56 Å². The first kappa shape index (κ1) is 16.5. The molecule has 0 radical (unpaired) electrons. The topological polar surface area (TPSA) is 107 Å². The lowest BCUT2D eigenvalue weighted by atomic mass is 10.2. The highest BCUT2D eigenvalue weighted by atomic mass is 32.1. The van der Waals surface area contributed by atoms with E-state index >= 15 is 0 Å². The molecule has 0 aliphatic heterocycles. The predicted molar refractivity (Wildman–Crippen MR) is 95.3 cm³/mol. The third-order valence-electron chi connectivity index (χ3n) is 4.09. The normalized spacial score (nSPS) is 11.5. The number of ether oxygens (including phenoxy) is 1.